The van der Waals surface area contributed by atoms with E-state index in [2.05, 4.69) is 15.2 Å². The topological polar surface area (TPSA) is 154 Å². The molecule has 0 unspecified atom stereocenters. The van der Waals surface area contributed by atoms with Gasteiger partial charge in [-0.05, 0) is 51.1 Å². The number of carbonyl (C=O) groups is 2. The molecule has 12 nitrogen and oxygen atoms in total. The van der Waals surface area contributed by atoms with Crippen LogP contribution in [0.2, 0.25) is 0 Å². The lowest BCUT2D eigenvalue weighted by Crippen LogP contribution is -2.48. The predicted octanol–water partition coefficient (Wildman–Crippen LogP) is 3.41. The van der Waals surface area contributed by atoms with Crippen LogP contribution in [0, 0.1) is 19.8 Å². The molecule has 1 aliphatic heterocycles. The zero-order valence-electron chi connectivity index (χ0n) is 24.3. The first-order valence-corrected chi connectivity index (χ1v) is 15.1. The summed E-state index contributed by atoms with van der Waals surface area (Å²) in [5, 5.41) is 16.6. The van der Waals surface area contributed by atoms with Crippen molar-refractivity contribution in [1.29, 1.82) is 0 Å². The van der Waals surface area contributed by atoms with Gasteiger partial charge in [-0.15, -0.1) is 0 Å². The van der Waals surface area contributed by atoms with Crippen molar-refractivity contribution in [3.05, 3.63) is 65.5 Å². The van der Waals surface area contributed by atoms with Gasteiger partial charge >= 0.3 is 6.03 Å². The number of benzene rings is 2. The molecule has 2 heterocycles. The lowest BCUT2D eigenvalue weighted by atomic mass is 10.0. The quantitative estimate of drug-likeness (QED) is 0.356. The molecule has 0 saturated heterocycles. The number of aliphatic hydroxyl groups is 1. The van der Waals surface area contributed by atoms with Gasteiger partial charge in [0.25, 0.3) is 10.0 Å². The van der Waals surface area contributed by atoms with Crippen LogP contribution in [0.25, 0.3) is 0 Å². The van der Waals surface area contributed by atoms with E-state index < -0.39 is 22.2 Å². The maximum absolute atomic E-state index is 13.5. The lowest BCUT2D eigenvalue weighted by Gasteiger charge is -2.34. The van der Waals surface area contributed by atoms with Gasteiger partial charge in [0.1, 0.15) is 23.2 Å². The number of rotatable bonds is 8. The normalized spacial score (nSPS) is 18.1. The average Bonchev–Trinajstić information content (AvgIpc) is 3.29. The van der Waals surface area contributed by atoms with E-state index in [1.807, 2.05) is 6.92 Å². The molecule has 3 atom stereocenters. The highest BCUT2D eigenvalue weighted by Crippen LogP contribution is 2.30. The van der Waals surface area contributed by atoms with Gasteiger partial charge in [-0.2, -0.15) is 0 Å². The molecule has 42 heavy (non-hydrogen) atoms. The third-order valence-corrected chi connectivity index (χ3v) is 8.69. The number of likely N-dealkylation sites (N-methyl/N-ethyl adjacent to an activating group) is 1. The van der Waals surface area contributed by atoms with E-state index in [4.69, 9.17) is 9.26 Å². The summed E-state index contributed by atoms with van der Waals surface area (Å²) in [4.78, 5) is 29.7. The molecule has 3 N–H and O–H groups in total. The zero-order valence-corrected chi connectivity index (χ0v) is 25.1. The average molecular weight is 600 g/mol. The highest BCUT2D eigenvalue weighted by Gasteiger charge is 2.32. The predicted molar refractivity (Wildman–Crippen MR) is 157 cm³/mol. The van der Waals surface area contributed by atoms with Crippen molar-refractivity contribution in [1.82, 2.24) is 15.0 Å². The first-order chi connectivity index (χ1) is 19.9. The summed E-state index contributed by atoms with van der Waals surface area (Å²) in [7, 11) is -2.22. The summed E-state index contributed by atoms with van der Waals surface area (Å²) >= 11 is 0. The van der Waals surface area contributed by atoms with Crippen molar-refractivity contribution >= 4 is 33.3 Å². The molecule has 1 aromatic heterocycles. The number of amides is 3. The Morgan fingerprint density at radius 2 is 1.93 bits per heavy atom. The van der Waals surface area contributed by atoms with E-state index in [9.17, 15) is 23.1 Å². The first-order valence-electron chi connectivity index (χ1n) is 13.6. The van der Waals surface area contributed by atoms with E-state index >= 15 is 0 Å². The van der Waals surface area contributed by atoms with Crippen molar-refractivity contribution in [3.8, 4) is 5.75 Å². The van der Waals surface area contributed by atoms with E-state index in [1.54, 1.807) is 69.1 Å². The minimum atomic E-state index is -3.86. The number of hydrogen-bond donors (Lipinski definition) is 3. The Hall–Kier alpha value is -4.10. The molecule has 0 spiro atoms. The van der Waals surface area contributed by atoms with E-state index in [1.165, 1.54) is 17.0 Å². The van der Waals surface area contributed by atoms with Gasteiger partial charge in [0.15, 0.2) is 5.76 Å². The third-order valence-electron chi connectivity index (χ3n) is 7.29. The van der Waals surface area contributed by atoms with Gasteiger partial charge in [0, 0.05) is 30.8 Å². The van der Waals surface area contributed by atoms with E-state index in [0.717, 1.165) is 0 Å². The number of urea groups is 1. The van der Waals surface area contributed by atoms with Crippen LogP contribution in [0.5, 0.6) is 5.75 Å². The smallest absolute Gasteiger partial charge is 0.321 e. The number of hydrogen-bond acceptors (Lipinski definition) is 8. The molecule has 0 saturated carbocycles. The number of fused-ring (bicyclic) bond motifs is 1. The maximum Gasteiger partial charge on any atom is 0.321 e. The zero-order chi connectivity index (χ0) is 30.6. The third kappa shape index (κ3) is 7.02. The van der Waals surface area contributed by atoms with Crippen LogP contribution in [0.1, 0.15) is 30.9 Å². The molecule has 13 heteroatoms. The number of nitrogens with zero attached hydrogens (tertiary/aromatic N) is 3. The van der Waals surface area contributed by atoms with Gasteiger partial charge in [-0.1, -0.05) is 30.3 Å². The number of sulfonamides is 1. The second kappa shape index (κ2) is 12.8. The molecule has 0 bridgehead atoms. The van der Waals surface area contributed by atoms with Gasteiger partial charge in [-0.25, -0.2) is 13.2 Å². The SMILES string of the molecule is Cc1noc(C)c1NC(=O)N(C)C[C@H]1Oc2ccc(NS(=O)(=O)c3ccccc3)cc2CC(=O)N([C@H](C)CO)C[C@@H]1C. The molecular formula is C29H37N5O7S. The molecule has 3 amide bonds. The molecule has 226 valence electrons. The van der Waals surface area contributed by atoms with Crippen molar-refractivity contribution in [2.75, 3.05) is 36.8 Å². The minimum Gasteiger partial charge on any atom is -0.488 e. The molecule has 3 aromatic rings. The molecule has 2 aromatic carbocycles. The summed E-state index contributed by atoms with van der Waals surface area (Å²) < 4.78 is 40.0. The van der Waals surface area contributed by atoms with Crippen LogP contribution < -0.4 is 14.8 Å². The van der Waals surface area contributed by atoms with Crippen LogP contribution in [0.15, 0.2) is 57.9 Å². The Bertz CT molecular complexity index is 1510. The largest absolute Gasteiger partial charge is 0.488 e. The monoisotopic (exact) mass is 599 g/mol. The Kier molecular flexibility index (Phi) is 9.42. The fourth-order valence-corrected chi connectivity index (χ4v) is 5.81. The fraction of sp³-hybridized carbons (Fsp3) is 0.414. The first kappa shape index (κ1) is 30.8. The Labute approximate surface area is 245 Å². The molecular weight excluding hydrogens is 562 g/mol. The van der Waals surface area contributed by atoms with Gasteiger partial charge < -0.3 is 29.5 Å². The van der Waals surface area contributed by atoms with Gasteiger partial charge in [-0.3, -0.25) is 9.52 Å². The summed E-state index contributed by atoms with van der Waals surface area (Å²) in [6, 6.07) is 11.9. The molecule has 1 aliphatic rings. The number of aromatic nitrogens is 1. The summed E-state index contributed by atoms with van der Waals surface area (Å²) in [5.74, 6) is 0.419. The number of aryl methyl sites for hydroxylation is 2. The molecule has 0 fully saturated rings. The highest BCUT2D eigenvalue weighted by molar-refractivity contribution is 7.92. The number of carbonyl (C=O) groups excluding carboxylic acids is 2. The van der Waals surface area contributed by atoms with E-state index in [-0.39, 0.29) is 54.6 Å². The van der Waals surface area contributed by atoms with Gasteiger partial charge in [0.2, 0.25) is 5.91 Å². The Morgan fingerprint density at radius 3 is 2.57 bits per heavy atom. The standard InChI is InChI=1S/C29H37N5O7S/c1-18-15-34(19(2)17-35)27(36)14-22-13-23(32-42(38,39)24-9-7-6-8-10-24)11-12-25(22)40-26(18)16-33(5)29(37)30-28-20(3)31-41-21(28)4/h6-13,18-19,26,32,35H,14-17H2,1-5H3,(H,30,37)/t18-,19+,26+/m0/s1. The second-order valence-electron chi connectivity index (χ2n) is 10.6. The summed E-state index contributed by atoms with van der Waals surface area (Å²) in [6.45, 7) is 7.34. The van der Waals surface area contributed by atoms with Crippen LogP contribution in [0.4, 0.5) is 16.2 Å². The summed E-state index contributed by atoms with van der Waals surface area (Å²) in [5.41, 5.74) is 1.81. The lowest BCUT2D eigenvalue weighted by molar-refractivity contribution is -0.134. The minimum absolute atomic E-state index is 0.0671. The summed E-state index contributed by atoms with van der Waals surface area (Å²) in [6.07, 6.45) is -0.613. The molecule has 0 radical (unpaired) electrons. The van der Waals surface area contributed by atoms with Crippen LogP contribution in [-0.2, 0) is 21.2 Å². The van der Waals surface area contributed by atoms with Crippen LogP contribution >= 0.6 is 0 Å². The van der Waals surface area contributed by atoms with Crippen LogP contribution in [-0.4, -0.2) is 79.3 Å². The van der Waals surface area contributed by atoms with Crippen molar-refractivity contribution in [2.45, 2.75) is 51.2 Å². The van der Waals surface area contributed by atoms with Crippen LogP contribution in [0.3, 0.4) is 0 Å². The highest BCUT2D eigenvalue weighted by atomic mass is 32.2. The molecule has 0 aliphatic carbocycles. The number of ether oxygens (including phenoxy) is 1. The fourth-order valence-electron chi connectivity index (χ4n) is 4.74. The van der Waals surface area contributed by atoms with Gasteiger partial charge in [0.05, 0.1) is 30.5 Å². The maximum atomic E-state index is 13.5. The van der Waals surface area contributed by atoms with Crippen molar-refractivity contribution in [2.24, 2.45) is 5.92 Å². The Morgan fingerprint density at radius 1 is 1.21 bits per heavy atom. The number of aliphatic hydroxyl groups excluding tert-OH is 1. The Balaban J connectivity index is 1.62. The van der Waals surface area contributed by atoms with E-state index in [0.29, 0.717) is 28.5 Å². The number of nitrogens with one attached hydrogen (secondary N) is 2. The number of anilines is 2. The molecule has 4 rings (SSSR count). The van der Waals surface area contributed by atoms with Crippen molar-refractivity contribution in [3.63, 3.8) is 0 Å². The second-order valence-corrected chi connectivity index (χ2v) is 12.3. The van der Waals surface area contributed by atoms with Crippen molar-refractivity contribution < 1.29 is 32.4 Å².